The van der Waals surface area contributed by atoms with Crippen molar-refractivity contribution >= 4 is 5.69 Å². The summed E-state index contributed by atoms with van der Waals surface area (Å²) in [7, 11) is 2.09. The molecule has 0 fully saturated rings. The second-order valence-corrected chi connectivity index (χ2v) is 4.14. The van der Waals surface area contributed by atoms with Crippen LogP contribution in [-0.4, -0.2) is 13.6 Å². The molecule has 1 aromatic carbocycles. The Bertz CT molecular complexity index is 352. The lowest BCUT2D eigenvalue weighted by Crippen LogP contribution is -2.18. The maximum Gasteiger partial charge on any atom is 0.0992 e. The molecular formula is C14H20N2. The van der Waals surface area contributed by atoms with Gasteiger partial charge in [0.05, 0.1) is 11.6 Å². The number of unbranched alkanes of at least 4 members (excludes halogenated alkanes) is 3. The average Bonchev–Trinajstić information content (AvgIpc) is 2.34. The van der Waals surface area contributed by atoms with E-state index in [1.807, 2.05) is 18.2 Å². The van der Waals surface area contributed by atoms with Gasteiger partial charge in [0.15, 0.2) is 0 Å². The van der Waals surface area contributed by atoms with Crippen molar-refractivity contribution in [2.75, 3.05) is 18.5 Å². The molecule has 0 saturated heterocycles. The summed E-state index contributed by atoms with van der Waals surface area (Å²) in [6, 6.07) is 9.96. The number of hydrogen-bond acceptors (Lipinski definition) is 2. The van der Waals surface area contributed by atoms with E-state index in [9.17, 15) is 0 Å². The summed E-state index contributed by atoms with van der Waals surface area (Å²) in [5.74, 6) is 0. The van der Waals surface area contributed by atoms with Gasteiger partial charge < -0.3 is 4.90 Å². The quantitative estimate of drug-likeness (QED) is 0.680. The number of rotatable bonds is 6. The smallest absolute Gasteiger partial charge is 0.0992 e. The lowest BCUT2D eigenvalue weighted by Gasteiger charge is -2.19. The van der Waals surface area contributed by atoms with Crippen molar-refractivity contribution < 1.29 is 0 Å². The zero-order chi connectivity index (χ0) is 11.8. The third-order valence-electron chi connectivity index (χ3n) is 2.76. The molecule has 0 amide bonds. The van der Waals surface area contributed by atoms with E-state index in [4.69, 9.17) is 5.26 Å². The molecule has 16 heavy (non-hydrogen) atoms. The van der Waals surface area contributed by atoms with Crippen molar-refractivity contribution in [2.45, 2.75) is 32.6 Å². The van der Waals surface area contributed by atoms with Crippen molar-refractivity contribution in [1.82, 2.24) is 0 Å². The van der Waals surface area contributed by atoms with Crippen LogP contribution in [0.2, 0.25) is 0 Å². The van der Waals surface area contributed by atoms with Gasteiger partial charge in [-0.25, -0.2) is 0 Å². The fraction of sp³-hybridized carbons (Fsp3) is 0.500. The van der Waals surface area contributed by atoms with Crippen LogP contribution in [0.25, 0.3) is 0 Å². The normalized spacial score (nSPS) is 9.81. The Morgan fingerprint density at radius 3 is 2.75 bits per heavy atom. The van der Waals surface area contributed by atoms with Gasteiger partial charge in [0.1, 0.15) is 0 Å². The molecule has 0 N–H and O–H groups in total. The molecule has 86 valence electrons. The Morgan fingerprint density at radius 2 is 2.06 bits per heavy atom. The van der Waals surface area contributed by atoms with Crippen LogP contribution in [0, 0.1) is 11.3 Å². The van der Waals surface area contributed by atoms with Crippen LogP contribution in [0.5, 0.6) is 0 Å². The van der Waals surface area contributed by atoms with E-state index in [2.05, 4.69) is 31.0 Å². The Labute approximate surface area is 98.5 Å². The summed E-state index contributed by atoms with van der Waals surface area (Å²) in [5.41, 5.74) is 1.87. The second kappa shape index (κ2) is 6.90. The molecule has 0 spiro atoms. The highest BCUT2D eigenvalue weighted by Gasteiger charge is 2.01. The van der Waals surface area contributed by atoms with E-state index in [1.165, 1.54) is 25.7 Å². The summed E-state index contributed by atoms with van der Waals surface area (Å²) in [6.07, 6.45) is 5.10. The number of nitrogens with zero attached hydrogens (tertiary/aromatic N) is 2. The van der Waals surface area contributed by atoms with E-state index in [0.717, 1.165) is 17.8 Å². The van der Waals surface area contributed by atoms with Crippen LogP contribution in [0.1, 0.15) is 38.2 Å². The Balaban J connectivity index is 2.46. The van der Waals surface area contributed by atoms with Gasteiger partial charge >= 0.3 is 0 Å². The van der Waals surface area contributed by atoms with E-state index in [-0.39, 0.29) is 0 Å². The fourth-order valence-electron chi connectivity index (χ4n) is 1.72. The van der Waals surface area contributed by atoms with Gasteiger partial charge in [0.2, 0.25) is 0 Å². The molecule has 0 aliphatic heterocycles. The summed E-state index contributed by atoms with van der Waals surface area (Å²) in [6.45, 7) is 3.29. The van der Waals surface area contributed by atoms with Crippen LogP contribution in [-0.2, 0) is 0 Å². The highest BCUT2D eigenvalue weighted by Crippen LogP contribution is 2.15. The van der Waals surface area contributed by atoms with Crippen LogP contribution >= 0.6 is 0 Å². The summed E-state index contributed by atoms with van der Waals surface area (Å²) in [5, 5.41) is 8.82. The maximum atomic E-state index is 8.82. The topological polar surface area (TPSA) is 27.0 Å². The minimum atomic E-state index is 0.734. The zero-order valence-corrected chi connectivity index (χ0v) is 10.2. The standard InChI is InChI=1S/C14H20N2/c1-3-4-5-6-10-16(2)14-9-7-8-13(11-14)12-15/h7-9,11H,3-6,10H2,1-2H3. The number of anilines is 1. The van der Waals surface area contributed by atoms with E-state index < -0.39 is 0 Å². The van der Waals surface area contributed by atoms with Gasteiger partial charge in [-0.1, -0.05) is 32.3 Å². The predicted molar refractivity (Wildman–Crippen MR) is 68.6 cm³/mol. The average molecular weight is 216 g/mol. The first kappa shape index (κ1) is 12.6. The number of benzene rings is 1. The molecule has 2 heteroatoms. The SMILES string of the molecule is CCCCCCN(C)c1cccc(C#N)c1. The van der Waals surface area contributed by atoms with Crippen LogP contribution < -0.4 is 4.90 Å². The molecule has 1 rings (SSSR count). The van der Waals surface area contributed by atoms with E-state index in [0.29, 0.717) is 0 Å². The number of hydrogen-bond donors (Lipinski definition) is 0. The fourth-order valence-corrected chi connectivity index (χ4v) is 1.72. The summed E-state index contributed by atoms with van der Waals surface area (Å²) >= 11 is 0. The molecule has 2 nitrogen and oxygen atoms in total. The molecule has 0 bridgehead atoms. The Morgan fingerprint density at radius 1 is 1.25 bits per heavy atom. The first-order chi connectivity index (χ1) is 7.77. The lowest BCUT2D eigenvalue weighted by molar-refractivity contribution is 0.661. The van der Waals surface area contributed by atoms with Crippen molar-refractivity contribution in [1.29, 1.82) is 5.26 Å². The number of nitriles is 1. The molecule has 0 saturated carbocycles. The Hall–Kier alpha value is -1.49. The molecule has 0 aliphatic rings. The molecule has 0 aliphatic carbocycles. The highest BCUT2D eigenvalue weighted by molar-refractivity contribution is 5.50. The first-order valence-electron chi connectivity index (χ1n) is 5.99. The molecule has 0 radical (unpaired) electrons. The first-order valence-corrected chi connectivity index (χ1v) is 5.99. The third kappa shape index (κ3) is 3.94. The van der Waals surface area contributed by atoms with Gasteiger partial charge in [-0.3, -0.25) is 0 Å². The second-order valence-electron chi connectivity index (χ2n) is 4.14. The molecule has 1 aromatic rings. The van der Waals surface area contributed by atoms with Crippen LogP contribution in [0.4, 0.5) is 5.69 Å². The van der Waals surface area contributed by atoms with E-state index in [1.54, 1.807) is 0 Å². The van der Waals surface area contributed by atoms with Crippen molar-refractivity contribution in [3.63, 3.8) is 0 Å². The predicted octanol–water partition coefficient (Wildman–Crippen LogP) is 3.57. The summed E-state index contributed by atoms with van der Waals surface area (Å²) in [4.78, 5) is 2.22. The van der Waals surface area contributed by atoms with Crippen molar-refractivity contribution in [2.24, 2.45) is 0 Å². The van der Waals surface area contributed by atoms with Gasteiger partial charge in [-0.2, -0.15) is 5.26 Å². The lowest BCUT2D eigenvalue weighted by atomic mass is 10.1. The molecule has 0 heterocycles. The maximum absolute atomic E-state index is 8.82. The van der Waals surface area contributed by atoms with Gasteiger partial charge in [-0.15, -0.1) is 0 Å². The Kier molecular flexibility index (Phi) is 5.42. The van der Waals surface area contributed by atoms with Gasteiger partial charge in [-0.05, 0) is 24.6 Å². The van der Waals surface area contributed by atoms with Crippen molar-refractivity contribution in [3.05, 3.63) is 29.8 Å². The van der Waals surface area contributed by atoms with Crippen molar-refractivity contribution in [3.8, 4) is 6.07 Å². The summed E-state index contributed by atoms with van der Waals surface area (Å²) < 4.78 is 0. The van der Waals surface area contributed by atoms with E-state index >= 15 is 0 Å². The largest absolute Gasteiger partial charge is 0.375 e. The van der Waals surface area contributed by atoms with Crippen LogP contribution in [0.15, 0.2) is 24.3 Å². The minimum Gasteiger partial charge on any atom is -0.375 e. The molecular weight excluding hydrogens is 196 g/mol. The highest BCUT2D eigenvalue weighted by atomic mass is 15.1. The molecule has 0 aromatic heterocycles. The third-order valence-corrected chi connectivity index (χ3v) is 2.76. The zero-order valence-electron chi connectivity index (χ0n) is 10.2. The van der Waals surface area contributed by atoms with Gasteiger partial charge in [0, 0.05) is 19.3 Å². The van der Waals surface area contributed by atoms with Crippen LogP contribution in [0.3, 0.4) is 0 Å². The molecule has 0 unspecified atom stereocenters. The monoisotopic (exact) mass is 216 g/mol. The molecule has 0 atom stereocenters. The minimum absolute atomic E-state index is 0.734. The van der Waals surface area contributed by atoms with Gasteiger partial charge in [0.25, 0.3) is 0 Å².